The van der Waals surface area contributed by atoms with Gasteiger partial charge in [-0.15, -0.1) is 12.4 Å². The minimum Gasteiger partial charge on any atom is -0.324 e. The maximum atomic E-state index is 12.5. The van der Waals surface area contributed by atoms with Crippen LogP contribution in [0.4, 0.5) is 13.2 Å². The van der Waals surface area contributed by atoms with Gasteiger partial charge in [0.05, 0.1) is 5.56 Å². The van der Waals surface area contributed by atoms with E-state index in [0.29, 0.717) is 5.56 Å². The third-order valence-electron chi connectivity index (χ3n) is 2.51. The van der Waals surface area contributed by atoms with E-state index in [-0.39, 0.29) is 17.8 Å². The van der Waals surface area contributed by atoms with E-state index in [2.05, 4.69) is 0 Å². The maximum absolute atomic E-state index is 12.5. The van der Waals surface area contributed by atoms with E-state index in [1.54, 1.807) is 6.07 Å². The van der Waals surface area contributed by atoms with Crippen LogP contribution in [-0.4, -0.2) is 0 Å². The van der Waals surface area contributed by atoms with Crippen molar-refractivity contribution in [1.82, 2.24) is 0 Å². The Labute approximate surface area is 106 Å². The molecule has 0 saturated carbocycles. The van der Waals surface area contributed by atoms with Gasteiger partial charge in [0.25, 0.3) is 0 Å². The molecule has 0 bridgehead atoms. The predicted molar refractivity (Wildman–Crippen MR) is 65.1 cm³/mol. The van der Waals surface area contributed by atoms with Crippen LogP contribution in [0.5, 0.6) is 0 Å². The number of hydrogen-bond acceptors (Lipinski definition) is 1. The molecule has 0 aliphatic rings. The van der Waals surface area contributed by atoms with Gasteiger partial charge in [-0.3, -0.25) is 0 Å². The lowest BCUT2D eigenvalue weighted by molar-refractivity contribution is -0.137. The van der Waals surface area contributed by atoms with E-state index in [1.807, 2.05) is 20.8 Å². The minimum atomic E-state index is -4.31. The van der Waals surface area contributed by atoms with Crippen molar-refractivity contribution in [3.63, 3.8) is 0 Å². The normalized spacial score (nSPS) is 14.1. The van der Waals surface area contributed by atoms with Gasteiger partial charge >= 0.3 is 6.18 Å². The van der Waals surface area contributed by atoms with Crippen molar-refractivity contribution in [2.24, 2.45) is 11.1 Å². The smallest absolute Gasteiger partial charge is 0.324 e. The van der Waals surface area contributed by atoms with E-state index >= 15 is 0 Å². The van der Waals surface area contributed by atoms with Crippen LogP contribution in [0.3, 0.4) is 0 Å². The summed E-state index contributed by atoms with van der Waals surface area (Å²) < 4.78 is 37.5. The number of benzene rings is 1. The molecule has 0 spiro atoms. The molecule has 0 heterocycles. The van der Waals surface area contributed by atoms with Crippen LogP contribution in [0, 0.1) is 5.41 Å². The first-order chi connectivity index (χ1) is 7.12. The SMILES string of the molecule is CC(C)(C)C(N)c1cccc(C(F)(F)F)c1.Cl. The highest BCUT2D eigenvalue weighted by atomic mass is 35.5. The molecule has 0 aliphatic carbocycles. The summed E-state index contributed by atoms with van der Waals surface area (Å²) in [5, 5.41) is 0. The molecule has 0 amide bonds. The lowest BCUT2D eigenvalue weighted by atomic mass is 9.83. The summed E-state index contributed by atoms with van der Waals surface area (Å²) in [7, 11) is 0. The zero-order valence-electron chi connectivity index (χ0n) is 10.0. The van der Waals surface area contributed by atoms with Gasteiger partial charge in [0, 0.05) is 6.04 Å². The zero-order chi connectivity index (χ0) is 12.6. The molecule has 1 nitrogen and oxygen atoms in total. The Kier molecular flexibility index (Phi) is 5.04. The molecular weight excluding hydrogens is 251 g/mol. The van der Waals surface area contributed by atoms with E-state index in [9.17, 15) is 13.2 Å². The Bertz CT molecular complexity index is 369. The summed E-state index contributed by atoms with van der Waals surface area (Å²) in [4.78, 5) is 0. The molecule has 1 rings (SSSR count). The lowest BCUT2D eigenvalue weighted by Gasteiger charge is -2.27. The number of rotatable bonds is 1. The fourth-order valence-electron chi connectivity index (χ4n) is 1.41. The van der Waals surface area contributed by atoms with Gasteiger partial charge < -0.3 is 5.73 Å². The molecule has 1 aromatic carbocycles. The van der Waals surface area contributed by atoms with Crippen LogP contribution >= 0.6 is 12.4 Å². The van der Waals surface area contributed by atoms with Crippen molar-refractivity contribution in [2.45, 2.75) is 33.0 Å². The molecule has 98 valence electrons. The summed E-state index contributed by atoms with van der Waals surface area (Å²) in [5.74, 6) is 0. The van der Waals surface area contributed by atoms with Crippen LogP contribution in [0.2, 0.25) is 0 Å². The molecule has 0 aliphatic heterocycles. The second kappa shape index (κ2) is 5.27. The maximum Gasteiger partial charge on any atom is 0.416 e. The highest BCUT2D eigenvalue weighted by Crippen LogP contribution is 2.34. The van der Waals surface area contributed by atoms with Crippen LogP contribution < -0.4 is 5.73 Å². The molecule has 0 radical (unpaired) electrons. The fourth-order valence-corrected chi connectivity index (χ4v) is 1.41. The molecule has 1 atom stereocenters. The average molecular weight is 268 g/mol. The lowest BCUT2D eigenvalue weighted by Crippen LogP contribution is -2.26. The van der Waals surface area contributed by atoms with Crippen molar-refractivity contribution in [1.29, 1.82) is 0 Å². The first-order valence-corrected chi connectivity index (χ1v) is 5.05. The van der Waals surface area contributed by atoms with Crippen molar-refractivity contribution in [3.8, 4) is 0 Å². The highest BCUT2D eigenvalue weighted by molar-refractivity contribution is 5.85. The largest absolute Gasteiger partial charge is 0.416 e. The topological polar surface area (TPSA) is 26.0 Å². The van der Waals surface area contributed by atoms with Gasteiger partial charge in [-0.1, -0.05) is 32.9 Å². The molecule has 0 saturated heterocycles. The molecule has 0 aromatic heterocycles. The van der Waals surface area contributed by atoms with Gasteiger partial charge in [0.1, 0.15) is 0 Å². The molecule has 0 fully saturated rings. The fraction of sp³-hybridized carbons (Fsp3) is 0.500. The quantitative estimate of drug-likeness (QED) is 0.812. The molecular formula is C12H17ClF3N. The summed E-state index contributed by atoms with van der Waals surface area (Å²) in [6.07, 6.45) is -4.31. The molecule has 1 aromatic rings. The van der Waals surface area contributed by atoms with Gasteiger partial charge in [-0.2, -0.15) is 13.2 Å². The van der Waals surface area contributed by atoms with E-state index in [4.69, 9.17) is 5.73 Å². The Morgan fingerprint density at radius 1 is 1.12 bits per heavy atom. The summed E-state index contributed by atoms with van der Waals surface area (Å²) in [5.41, 5.74) is 5.52. The Hall–Kier alpha value is -0.740. The number of nitrogens with two attached hydrogens (primary N) is 1. The Morgan fingerprint density at radius 2 is 1.65 bits per heavy atom. The number of alkyl halides is 3. The minimum absolute atomic E-state index is 0. The third kappa shape index (κ3) is 4.21. The first kappa shape index (κ1) is 16.3. The Morgan fingerprint density at radius 3 is 2.06 bits per heavy atom. The summed E-state index contributed by atoms with van der Waals surface area (Å²) in [6.45, 7) is 5.70. The molecule has 1 unspecified atom stereocenters. The van der Waals surface area contributed by atoms with Crippen LogP contribution in [0.15, 0.2) is 24.3 Å². The van der Waals surface area contributed by atoms with E-state index in [0.717, 1.165) is 12.1 Å². The second-order valence-electron chi connectivity index (χ2n) is 4.97. The summed E-state index contributed by atoms with van der Waals surface area (Å²) >= 11 is 0. The van der Waals surface area contributed by atoms with Crippen molar-refractivity contribution in [2.75, 3.05) is 0 Å². The van der Waals surface area contributed by atoms with Gasteiger partial charge in [-0.05, 0) is 23.1 Å². The summed E-state index contributed by atoms with van der Waals surface area (Å²) in [6, 6.07) is 4.79. The highest BCUT2D eigenvalue weighted by Gasteiger charge is 2.31. The average Bonchev–Trinajstić information content (AvgIpc) is 2.14. The van der Waals surface area contributed by atoms with Gasteiger partial charge in [0.15, 0.2) is 0 Å². The second-order valence-corrected chi connectivity index (χ2v) is 4.97. The van der Waals surface area contributed by atoms with Crippen molar-refractivity contribution in [3.05, 3.63) is 35.4 Å². The first-order valence-electron chi connectivity index (χ1n) is 5.05. The predicted octanol–water partition coefficient (Wildman–Crippen LogP) is 4.17. The van der Waals surface area contributed by atoms with Gasteiger partial charge in [-0.25, -0.2) is 0 Å². The number of hydrogen-bond donors (Lipinski definition) is 1. The van der Waals surface area contributed by atoms with Crippen LogP contribution in [-0.2, 0) is 6.18 Å². The Balaban J connectivity index is 0.00000256. The zero-order valence-corrected chi connectivity index (χ0v) is 10.8. The van der Waals surface area contributed by atoms with Crippen LogP contribution in [0.25, 0.3) is 0 Å². The molecule has 5 heteroatoms. The van der Waals surface area contributed by atoms with E-state index in [1.165, 1.54) is 6.07 Å². The third-order valence-corrected chi connectivity index (χ3v) is 2.51. The van der Waals surface area contributed by atoms with Crippen molar-refractivity contribution < 1.29 is 13.2 Å². The van der Waals surface area contributed by atoms with Crippen LogP contribution in [0.1, 0.15) is 37.9 Å². The molecule has 17 heavy (non-hydrogen) atoms. The molecule has 2 N–H and O–H groups in total. The monoisotopic (exact) mass is 267 g/mol. The van der Waals surface area contributed by atoms with Crippen molar-refractivity contribution >= 4 is 12.4 Å². The van der Waals surface area contributed by atoms with E-state index < -0.39 is 17.8 Å². The van der Waals surface area contributed by atoms with Gasteiger partial charge in [0.2, 0.25) is 0 Å². The number of halogens is 4. The standard InChI is InChI=1S/C12H16F3N.ClH/c1-11(2,3)10(16)8-5-4-6-9(7-8)12(13,14)15;/h4-7,10H,16H2,1-3H3;1H.